The molecular formula is C17H17NO3. The zero-order valence-corrected chi connectivity index (χ0v) is 12.3. The van der Waals surface area contributed by atoms with Crippen molar-refractivity contribution in [3.8, 4) is 16.9 Å². The van der Waals surface area contributed by atoms with E-state index in [2.05, 4.69) is 11.1 Å². The molecule has 1 aromatic carbocycles. The molecule has 0 fully saturated rings. The van der Waals surface area contributed by atoms with E-state index >= 15 is 0 Å². The quantitative estimate of drug-likeness (QED) is 0.794. The van der Waals surface area contributed by atoms with Gasteiger partial charge in [-0.1, -0.05) is 0 Å². The second kappa shape index (κ2) is 5.20. The minimum Gasteiger partial charge on any atom is -0.495 e. The molecule has 1 aromatic heterocycles. The molecule has 0 aliphatic carbocycles. The average Bonchev–Trinajstić information content (AvgIpc) is 2.48. The Bertz CT molecular complexity index is 695. The number of carbonyl (C=O) groups excluding carboxylic acids is 1. The van der Waals surface area contributed by atoms with Crippen LogP contribution in [0.3, 0.4) is 0 Å². The molecule has 0 bridgehead atoms. The van der Waals surface area contributed by atoms with E-state index in [4.69, 9.17) is 9.47 Å². The zero-order chi connectivity index (χ0) is 15.0. The molecule has 1 aliphatic rings. The molecule has 21 heavy (non-hydrogen) atoms. The van der Waals surface area contributed by atoms with Gasteiger partial charge in [0.2, 0.25) is 0 Å². The number of carbonyl (C=O) groups is 1. The van der Waals surface area contributed by atoms with Crippen LogP contribution in [0.15, 0.2) is 30.6 Å². The predicted molar refractivity (Wildman–Crippen MR) is 79.5 cm³/mol. The van der Waals surface area contributed by atoms with Crippen molar-refractivity contribution in [2.75, 3.05) is 7.11 Å². The molecule has 0 saturated heterocycles. The molecular weight excluding hydrogens is 266 g/mol. The Morgan fingerprint density at radius 3 is 2.71 bits per heavy atom. The van der Waals surface area contributed by atoms with Gasteiger partial charge in [0.15, 0.2) is 0 Å². The Morgan fingerprint density at radius 1 is 1.33 bits per heavy atom. The van der Waals surface area contributed by atoms with Crippen molar-refractivity contribution in [2.24, 2.45) is 0 Å². The third-order valence-electron chi connectivity index (χ3n) is 3.81. The number of fused-ring (bicyclic) bond motifs is 1. The minimum atomic E-state index is -0.306. The maximum atomic E-state index is 12.3. The van der Waals surface area contributed by atoms with Gasteiger partial charge in [0.05, 0.1) is 7.11 Å². The van der Waals surface area contributed by atoms with Crippen molar-refractivity contribution >= 4 is 5.97 Å². The van der Waals surface area contributed by atoms with Gasteiger partial charge >= 0.3 is 5.97 Å². The lowest BCUT2D eigenvalue weighted by atomic mass is 9.89. The van der Waals surface area contributed by atoms with Crippen LogP contribution in [0.5, 0.6) is 5.75 Å². The van der Waals surface area contributed by atoms with Crippen LogP contribution in [0.1, 0.15) is 28.4 Å². The summed E-state index contributed by atoms with van der Waals surface area (Å²) in [7, 11) is 1.58. The Kier molecular flexibility index (Phi) is 3.37. The van der Waals surface area contributed by atoms with Crippen LogP contribution in [0.4, 0.5) is 0 Å². The number of aryl methyl sites for hydroxylation is 1. The van der Waals surface area contributed by atoms with E-state index in [1.807, 2.05) is 26.0 Å². The molecule has 1 atom stereocenters. The van der Waals surface area contributed by atoms with Crippen molar-refractivity contribution in [3.05, 3.63) is 47.3 Å². The van der Waals surface area contributed by atoms with E-state index in [-0.39, 0.29) is 12.1 Å². The first kappa shape index (κ1) is 13.6. The summed E-state index contributed by atoms with van der Waals surface area (Å²) in [5.74, 6) is 0.276. The Hall–Kier alpha value is -2.36. The summed E-state index contributed by atoms with van der Waals surface area (Å²) >= 11 is 0. The highest BCUT2D eigenvalue weighted by atomic mass is 16.5. The molecule has 0 spiro atoms. The summed E-state index contributed by atoms with van der Waals surface area (Å²) in [6.07, 6.45) is 4.08. The van der Waals surface area contributed by atoms with E-state index in [1.54, 1.807) is 19.5 Å². The van der Waals surface area contributed by atoms with Gasteiger partial charge in [-0.15, -0.1) is 0 Å². The van der Waals surface area contributed by atoms with E-state index < -0.39 is 0 Å². The molecule has 1 aliphatic heterocycles. The molecule has 0 saturated carbocycles. The number of esters is 1. The van der Waals surface area contributed by atoms with Crippen molar-refractivity contribution < 1.29 is 14.3 Å². The van der Waals surface area contributed by atoms with Crippen molar-refractivity contribution in [1.82, 2.24) is 4.98 Å². The Balaban J connectivity index is 2.27. The molecule has 4 nitrogen and oxygen atoms in total. The summed E-state index contributed by atoms with van der Waals surface area (Å²) in [4.78, 5) is 16.3. The van der Waals surface area contributed by atoms with Gasteiger partial charge in [0.1, 0.15) is 17.4 Å². The first-order valence-electron chi connectivity index (χ1n) is 6.93. The Morgan fingerprint density at radius 2 is 2.05 bits per heavy atom. The normalized spacial score (nSPS) is 17.1. The minimum absolute atomic E-state index is 0.0971. The number of aromatic nitrogens is 1. The van der Waals surface area contributed by atoms with Gasteiger partial charge in [-0.25, -0.2) is 4.79 Å². The molecule has 0 radical (unpaired) electrons. The van der Waals surface area contributed by atoms with Crippen LogP contribution in [-0.4, -0.2) is 24.2 Å². The molecule has 0 amide bonds. The van der Waals surface area contributed by atoms with Crippen LogP contribution < -0.4 is 4.74 Å². The second-order valence-electron chi connectivity index (χ2n) is 5.28. The predicted octanol–water partition coefficient (Wildman–Crippen LogP) is 3.17. The maximum Gasteiger partial charge on any atom is 0.342 e. The highest BCUT2D eigenvalue weighted by Crippen LogP contribution is 2.39. The van der Waals surface area contributed by atoms with Gasteiger partial charge < -0.3 is 9.47 Å². The van der Waals surface area contributed by atoms with Crippen molar-refractivity contribution in [1.29, 1.82) is 0 Å². The number of hydrogen-bond acceptors (Lipinski definition) is 4. The summed E-state index contributed by atoms with van der Waals surface area (Å²) in [5, 5.41) is 0. The maximum absolute atomic E-state index is 12.3. The number of methoxy groups -OCH3 is 1. The fraction of sp³-hybridized carbons (Fsp3) is 0.294. The van der Waals surface area contributed by atoms with Gasteiger partial charge in [0, 0.05) is 24.4 Å². The highest BCUT2D eigenvalue weighted by molar-refractivity contribution is 5.99. The average molecular weight is 283 g/mol. The van der Waals surface area contributed by atoms with E-state index in [0.717, 1.165) is 28.7 Å². The van der Waals surface area contributed by atoms with Gasteiger partial charge in [-0.3, -0.25) is 4.98 Å². The van der Waals surface area contributed by atoms with Crippen LogP contribution in [0, 0.1) is 6.92 Å². The van der Waals surface area contributed by atoms with Crippen LogP contribution in [0.2, 0.25) is 0 Å². The van der Waals surface area contributed by atoms with Gasteiger partial charge in [-0.2, -0.15) is 0 Å². The van der Waals surface area contributed by atoms with Crippen molar-refractivity contribution in [3.63, 3.8) is 0 Å². The largest absolute Gasteiger partial charge is 0.495 e. The van der Waals surface area contributed by atoms with Crippen LogP contribution >= 0.6 is 0 Å². The highest BCUT2D eigenvalue weighted by Gasteiger charge is 2.30. The summed E-state index contributed by atoms with van der Waals surface area (Å²) < 4.78 is 10.9. The first-order chi connectivity index (χ1) is 10.1. The third-order valence-corrected chi connectivity index (χ3v) is 3.81. The molecule has 2 aromatic rings. The number of rotatable bonds is 2. The first-order valence-corrected chi connectivity index (χ1v) is 6.93. The molecule has 4 heteroatoms. The zero-order valence-electron chi connectivity index (χ0n) is 12.3. The van der Waals surface area contributed by atoms with Crippen LogP contribution in [-0.2, 0) is 11.2 Å². The van der Waals surface area contributed by atoms with E-state index in [9.17, 15) is 4.79 Å². The van der Waals surface area contributed by atoms with Crippen molar-refractivity contribution in [2.45, 2.75) is 26.4 Å². The fourth-order valence-electron chi connectivity index (χ4n) is 2.85. The summed E-state index contributed by atoms with van der Waals surface area (Å²) in [6, 6.07) is 5.87. The summed E-state index contributed by atoms with van der Waals surface area (Å²) in [5.41, 5.74) is 4.53. The number of benzene rings is 1. The number of cyclic esters (lactones) is 1. The number of ether oxygens (including phenoxy) is 2. The fourth-order valence-corrected chi connectivity index (χ4v) is 2.85. The Labute approximate surface area is 123 Å². The number of nitrogens with zero attached hydrogens (tertiary/aromatic N) is 1. The molecule has 0 N–H and O–H groups in total. The second-order valence-corrected chi connectivity index (χ2v) is 5.28. The van der Waals surface area contributed by atoms with Gasteiger partial charge in [0.25, 0.3) is 0 Å². The van der Waals surface area contributed by atoms with Crippen LogP contribution in [0.25, 0.3) is 11.1 Å². The summed E-state index contributed by atoms with van der Waals surface area (Å²) in [6.45, 7) is 3.93. The smallest absolute Gasteiger partial charge is 0.342 e. The third kappa shape index (κ3) is 2.27. The molecule has 108 valence electrons. The molecule has 0 unspecified atom stereocenters. The SMILES string of the molecule is COc1c(-c2ccncc2)cc(C)c2c1C(=O)O[C@H](C)C2. The lowest BCUT2D eigenvalue weighted by Crippen LogP contribution is -2.26. The lowest BCUT2D eigenvalue weighted by Gasteiger charge is -2.26. The van der Waals surface area contributed by atoms with E-state index in [1.165, 1.54) is 0 Å². The monoisotopic (exact) mass is 283 g/mol. The number of pyridine rings is 1. The van der Waals surface area contributed by atoms with Gasteiger partial charge in [-0.05, 0) is 48.7 Å². The topological polar surface area (TPSA) is 48.4 Å². The lowest BCUT2D eigenvalue weighted by molar-refractivity contribution is 0.0296. The number of hydrogen-bond donors (Lipinski definition) is 0. The molecule has 3 rings (SSSR count). The van der Waals surface area contributed by atoms with E-state index in [0.29, 0.717) is 11.3 Å². The molecule has 2 heterocycles. The standard InChI is InChI=1S/C17H17NO3/c1-10-8-14(12-4-6-18-7-5-12)16(20-3)15-13(10)9-11(2)21-17(15)19/h4-8,11H,9H2,1-3H3/t11-/m1/s1.